The average Bonchev–Trinajstić information content (AvgIpc) is 3.33. The Labute approximate surface area is 188 Å². The summed E-state index contributed by atoms with van der Waals surface area (Å²) < 4.78 is 49.0. The van der Waals surface area contributed by atoms with Crippen molar-refractivity contribution in [2.24, 2.45) is 13.0 Å². The molecule has 2 aliphatic heterocycles. The molecule has 1 aromatic carbocycles. The van der Waals surface area contributed by atoms with Crippen molar-refractivity contribution in [3.63, 3.8) is 0 Å². The summed E-state index contributed by atoms with van der Waals surface area (Å²) in [6.07, 6.45) is 2.09. The molecule has 0 spiro atoms. The first-order chi connectivity index (χ1) is 15.8. The summed E-state index contributed by atoms with van der Waals surface area (Å²) in [7, 11) is 1.69. The third-order valence-corrected chi connectivity index (χ3v) is 6.57. The van der Waals surface area contributed by atoms with E-state index in [1.165, 1.54) is 31.3 Å². The molecule has 2 aliphatic rings. The maximum Gasteiger partial charge on any atom is 0.419 e. The van der Waals surface area contributed by atoms with E-state index >= 15 is 0 Å². The average molecular weight is 456 g/mol. The Balaban J connectivity index is 1.41. The molecule has 2 bridgehead atoms. The summed E-state index contributed by atoms with van der Waals surface area (Å²) in [5, 5.41) is 12.8. The first-order valence-electron chi connectivity index (χ1n) is 11.0. The van der Waals surface area contributed by atoms with Crippen molar-refractivity contribution in [3.8, 4) is 23.1 Å². The number of ether oxygens (including phenoxy) is 1. The quantitative estimate of drug-likeness (QED) is 0.619. The van der Waals surface area contributed by atoms with Crippen LogP contribution in [-0.2, 0) is 13.2 Å². The van der Waals surface area contributed by atoms with Crippen molar-refractivity contribution in [3.05, 3.63) is 35.9 Å². The first kappa shape index (κ1) is 21.6. The fourth-order valence-electron chi connectivity index (χ4n) is 5.03. The molecule has 5 rings (SSSR count). The Morgan fingerprint density at radius 3 is 2.67 bits per heavy atom. The van der Waals surface area contributed by atoms with Gasteiger partial charge in [-0.3, -0.25) is 0 Å². The zero-order valence-corrected chi connectivity index (χ0v) is 18.1. The molecule has 3 aromatic rings. The lowest BCUT2D eigenvalue weighted by Crippen LogP contribution is -2.38. The summed E-state index contributed by atoms with van der Waals surface area (Å²) in [6, 6.07) is 6.79. The van der Waals surface area contributed by atoms with Crippen molar-refractivity contribution in [1.29, 1.82) is 5.26 Å². The fourth-order valence-corrected chi connectivity index (χ4v) is 5.03. The van der Waals surface area contributed by atoms with E-state index in [2.05, 4.69) is 20.3 Å². The maximum absolute atomic E-state index is 13.9. The van der Waals surface area contributed by atoms with Gasteiger partial charge in [0.1, 0.15) is 23.0 Å². The highest BCUT2D eigenvalue weighted by molar-refractivity contribution is 5.88. The molecule has 1 N–H and O–H groups in total. The van der Waals surface area contributed by atoms with Crippen LogP contribution in [0.2, 0.25) is 0 Å². The molecule has 2 aromatic heterocycles. The summed E-state index contributed by atoms with van der Waals surface area (Å²) >= 11 is 0. The van der Waals surface area contributed by atoms with Crippen LogP contribution in [0.5, 0.6) is 5.75 Å². The monoisotopic (exact) mass is 456 g/mol. The van der Waals surface area contributed by atoms with Crippen LogP contribution in [0.15, 0.2) is 24.5 Å². The van der Waals surface area contributed by atoms with Gasteiger partial charge < -0.3 is 14.6 Å². The predicted octanol–water partition coefficient (Wildman–Crippen LogP) is 4.22. The van der Waals surface area contributed by atoms with E-state index in [0.717, 1.165) is 25.3 Å². The molecular formula is C23H23F3N6O. The number of hydrogen-bond donors (Lipinski definition) is 1. The summed E-state index contributed by atoms with van der Waals surface area (Å²) in [5.74, 6) is 0.140. The molecule has 0 amide bonds. The Hall–Kier alpha value is -3.19. The van der Waals surface area contributed by atoms with Gasteiger partial charge in [0.2, 0.25) is 5.82 Å². The van der Waals surface area contributed by atoms with Crippen LogP contribution in [0.1, 0.15) is 43.5 Å². The number of alkyl halides is 3. The number of nitriles is 1. The van der Waals surface area contributed by atoms with Gasteiger partial charge in [-0.05, 0) is 56.2 Å². The summed E-state index contributed by atoms with van der Waals surface area (Å²) in [5.41, 5.74) is 0.221. The van der Waals surface area contributed by atoms with E-state index in [1.807, 2.05) is 6.07 Å². The molecule has 10 heteroatoms. The second-order valence-corrected chi connectivity index (χ2v) is 8.86. The molecule has 2 fully saturated rings. The fraction of sp³-hybridized carbons (Fsp3) is 0.478. The standard InChI is InChI=1S/C23H23F3N6O/c1-32-12-28-21-20(30-19(11-27)31-22(21)32)14-2-5-18(17(10-14)23(24,25)26)33-7-6-13-8-15-3-4-16(9-13)29-15/h2,5,10,12-13,15-16,29H,3-4,6-9H2,1H3. The zero-order valence-electron chi connectivity index (χ0n) is 18.1. The van der Waals surface area contributed by atoms with Crippen molar-refractivity contribution in [2.75, 3.05) is 6.61 Å². The Bertz CT molecular complexity index is 1220. The highest BCUT2D eigenvalue weighted by atomic mass is 19.4. The largest absolute Gasteiger partial charge is 0.493 e. The number of aryl methyl sites for hydroxylation is 1. The highest BCUT2D eigenvalue weighted by Gasteiger charge is 2.36. The van der Waals surface area contributed by atoms with Gasteiger partial charge in [-0.15, -0.1) is 0 Å². The number of benzene rings is 1. The molecule has 33 heavy (non-hydrogen) atoms. The normalized spacial score (nSPS) is 22.5. The molecule has 0 saturated carbocycles. The van der Waals surface area contributed by atoms with E-state index in [1.54, 1.807) is 11.6 Å². The van der Waals surface area contributed by atoms with Gasteiger partial charge in [-0.1, -0.05) is 0 Å². The smallest absolute Gasteiger partial charge is 0.419 e. The van der Waals surface area contributed by atoms with E-state index in [0.29, 0.717) is 29.2 Å². The van der Waals surface area contributed by atoms with Crippen LogP contribution in [0.25, 0.3) is 22.4 Å². The van der Waals surface area contributed by atoms with Gasteiger partial charge in [0.25, 0.3) is 0 Å². The van der Waals surface area contributed by atoms with E-state index in [4.69, 9.17) is 4.74 Å². The van der Waals surface area contributed by atoms with Gasteiger partial charge in [0.05, 0.1) is 18.5 Å². The molecule has 2 atom stereocenters. The number of piperidine rings is 1. The SMILES string of the molecule is Cn1cnc2c(-c3ccc(OCCC4CC5CCC(C4)N5)c(C(F)(F)F)c3)nc(C#N)nc21. The minimum Gasteiger partial charge on any atom is -0.493 e. The minimum absolute atomic E-state index is 0.133. The molecule has 0 radical (unpaired) electrons. The predicted molar refractivity (Wildman–Crippen MR) is 114 cm³/mol. The van der Waals surface area contributed by atoms with Crippen molar-refractivity contribution >= 4 is 11.2 Å². The Kier molecular flexibility index (Phi) is 5.44. The number of nitrogens with one attached hydrogen (secondary N) is 1. The van der Waals surface area contributed by atoms with E-state index in [-0.39, 0.29) is 29.4 Å². The summed E-state index contributed by atoms with van der Waals surface area (Å²) in [6.45, 7) is 0.239. The molecule has 2 saturated heterocycles. The van der Waals surface area contributed by atoms with Crippen LogP contribution in [0.3, 0.4) is 0 Å². The van der Waals surface area contributed by atoms with Gasteiger partial charge in [-0.2, -0.15) is 23.4 Å². The van der Waals surface area contributed by atoms with Gasteiger partial charge >= 0.3 is 6.18 Å². The van der Waals surface area contributed by atoms with Crippen molar-refractivity contribution < 1.29 is 17.9 Å². The molecule has 7 nitrogen and oxygen atoms in total. The third-order valence-electron chi connectivity index (χ3n) is 6.57. The number of nitrogens with zero attached hydrogens (tertiary/aromatic N) is 5. The Morgan fingerprint density at radius 1 is 1.21 bits per heavy atom. The second-order valence-electron chi connectivity index (χ2n) is 8.86. The number of fused-ring (bicyclic) bond motifs is 3. The van der Waals surface area contributed by atoms with Gasteiger partial charge in [-0.25, -0.2) is 9.97 Å². The van der Waals surface area contributed by atoms with Crippen molar-refractivity contribution in [1.82, 2.24) is 24.8 Å². The highest BCUT2D eigenvalue weighted by Crippen LogP contribution is 2.40. The lowest BCUT2D eigenvalue weighted by molar-refractivity contribution is -0.138. The van der Waals surface area contributed by atoms with Crippen molar-refractivity contribution in [2.45, 2.75) is 50.4 Å². The molecule has 4 heterocycles. The number of aromatic nitrogens is 4. The zero-order chi connectivity index (χ0) is 23.2. The van der Waals surface area contributed by atoms with Crippen LogP contribution in [0.4, 0.5) is 13.2 Å². The van der Waals surface area contributed by atoms with Crippen LogP contribution in [-0.4, -0.2) is 38.2 Å². The number of halogens is 3. The minimum atomic E-state index is -4.60. The molecular weight excluding hydrogens is 433 g/mol. The number of imidazole rings is 1. The topological polar surface area (TPSA) is 88.6 Å². The van der Waals surface area contributed by atoms with Crippen LogP contribution >= 0.6 is 0 Å². The van der Waals surface area contributed by atoms with Gasteiger partial charge in [0, 0.05) is 24.7 Å². The molecule has 2 unspecified atom stereocenters. The third kappa shape index (κ3) is 4.25. The lowest BCUT2D eigenvalue weighted by atomic mass is 9.90. The molecule has 172 valence electrons. The molecule has 0 aliphatic carbocycles. The summed E-state index contributed by atoms with van der Waals surface area (Å²) in [4.78, 5) is 12.5. The number of rotatable bonds is 5. The second kappa shape index (κ2) is 8.30. The first-order valence-corrected chi connectivity index (χ1v) is 11.0. The van der Waals surface area contributed by atoms with E-state index in [9.17, 15) is 18.4 Å². The van der Waals surface area contributed by atoms with E-state index < -0.39 is 11.7 Å². The maximum atomic E-state index is 13.9. The lowest BCUT2D eigenvalue weighted by Gasteiger charge is -2.29. The van der Waals surface area contributed by atoms with Crippen LogP contribution in [0, 0.1) is 17.2 Å². The Morgan fingerprint density at radius 2 is 1.97 bits per heavy atom. The van der Waals surface area contributed by atoms with Crippen LogP contribution < -0.4 is 10.1 Å². The number of hydrogen-bond acceptors (Lipinski definition) is 6. The van der Waals surface area contributed by atoms with Gasteiger partial charge in [0.15, 0.2) is 5.65 Å².